The highest BCUT2D eigenvalue weighted by Gasteiger charge is 2.21. The first-order chi connectivity index (χ1) is 12.3. The molecule has 0 radical (unpaired) electrons. The van der Waals surface area contributed by atoms with Gasteiger partial charge in [-0.15, -0.1) is 0 Å². The van der Waals surface area contributed by atoms with Crippen molar-refractivity contribution in [2.75, 3.05) is 46.5 Å². The summed E-state index contributed by atoms with van der Waals surface area (Å²) in [7, 11) is 1.66. The number of nitrogens with one attached hydrogen (secondary N) is 1. The van der Waals surface area contributed by atoms with Crippen molar-refractivity contribution in [2.24, 2.45) is 4.99 Å². The summed E-state index contributed by atoms with van der Waals surface area (Å²) in [4.78, 5) is 7.01. The van der Waals surface area contributed by atoms with E-state index in [1.165, 1.54) is 0 Å². The van der Waals surface area contributed by atoms with E-state index >= 15 is 0 Å². The average molecular weight is 349 g/mol. The predicted molar refractivity (Wildman–Crippen MR) is 101 cm³/mol. The second-order valence-electron chi connectivity index (χ2n) is 5.90. The van der Waals surface area contributed by atoms with Crippen LogP contribution in [0.25, 0.3) is 0 Å². The van der Waals surface area contributed by atoms with Gasteiger partial charge in [-0.1, -0.05) is 0 Å². The third-order valence-electron chi connectivity index (χ3n) is 4.16. The number of benzene rings is 1. The van der Waals surface area contributed by atoms with Crippen LogP contribution in [0.1, 0.15) is 26.7 Å². The molecule has 1 aromatic carbocycles. The Hall–Kier alpha value is -1.95. The number of hydrogen-bond acceptors (Lipinski definition) is 4. The normalized spacial score (nSPS) is 16.0. The van der Waals surface area contributed by atoms with Gasteiger partial charge in [-0.2, -0.15) is 0 Å². The molecule has 1 aliphatic heterocycles. The monoisotopic (exact) mass is 349 g/mol. The maximum atomic E-state index is 5.74. The molecule has 0 unspecified atom stereocenters. The number of methoxy groups -OCH3 is 1. The SMILES string of the molecule is CCNC(=NCCOc1ccc(OC)cc1)N1CCC(OCC)CC1. The highest BCUT2D eigenvalue weighted by molar-refractivity contribution is 5.80. The van der Waals surface area contributed by atoms with Crippen molar-refractivity contribution >= 4 is 5.96 Å². The number of piperidine rings is 1. The van der Waals surface area contributed by atoms with E-state index in [1.54, 1.807) is 7.11 Å². The fraction of sp³-hybridized carbons (Fsp3) is 0.632. The summed E-state index contributed by atoms with van der Waals surface area (Å²) in [6.45, 7) is 8.95. The van der Waals surface area contributed by atoms with Crippen LogP contribution in [-0.4, -0.2) is 63.5 Å². The highest BCUT2D eigenvalue weighted by atomic mass is 16.5. The van der Waals surface area contributed by atoms with Crippen LogP contribution in [0.3, 0.4) is 0 Å². The first-order valence-electron chi connectivity index (χ1n) is 9.18. The molecule has 6 heteroatoms. The number of guanidine groups is 1. The Labute approximate surface area is 151 Å². The van der Waals surface area contributed by atoms with Crippen LogP contribution in [0.5, 0.6) is 11.5 Å². The van der Waals surface area contributed by atoms with Crippen LogP contribution in [-0.2, 0) is 4.74 Å². The highest BCUT2D eigenvalue weighted by Crippen LogP contribution is 2.17. The lowest BCUT2D eigenvalue weighted by atomic mass is 10.1. The molecule has 1 aliphatic rings. The third kappa shape index (κ3) is 6.46. The van der Waals surface area contributed by atoms with E-state index in [9.17, 15) is 0 Å². The van der Waals surface area contributed by atoms with Crippen molar-refractivity contribution in [3.05, 3.63) is 24.3 Å². The molecule has 1 saturated heterocycles. The Morgan fingerprint density at radius 1 is 1.16 bits per heavy atom. The Kier molecular flexibility index (Phi) is 8.39. The van der Waals surface area contributed by atoms with Gasteiger partial charge in [0.2, 0.25) is 0 Å². The van der Waals surface area contributed by atoms with Gasteiger partial charge < -0.3 is 24.4 Å². The van der Waals surface area contributed by atoms with E-state index < -0.39 is 0 Å². The molecular weight excluding hydrogens is 318 g/mol. The van der Waals surface area contributed by atoms with E-state index in [0.717, 1.165) is 56.5 Å². The second-order valence-corrected chi connectivity index (χ2v) is 5.90. The standard InChI is InChI=1S/C19H31N3O3/c1-4-20-19(22-13-10-18(11-14-22)24-5-2)21-12-15-25-17-8-6-16(23-3)7-9-17/h6-9,18H,4-5,10-15H2,1-3H3,(H,20,21). The fourth-order valence-corrected chi connectivity index (χ4v) is 2.88. The summed E-state index contributed by atoms with van der Waals surface area (Å²) in [6.07, 6.45) is 2.50. The molecule has 1 heterocycles. The first kappa shape index (κ1) is 19.4. The van der Waals surface area contributed by atoms with Crippen LogP contribution in [0.4, 0.5) is 0 Å². The fourth-order valence-electron chi connectivity index (χ4n) is 2.88. The van der Waals surface area contributed by atoms with Crippen LogP contribution < -0.4 is 14.8 Å². The molecule has 1 N–H and O–H groups in total. The van der Waals surface area contributed by atoms with E-state index in [4.69, 9.17) is 19.2 Å². The summed E-state index contributed by atoms with van der Waals surface area (Å²) in [5.74, 6) is 2.63. The number of nitrogens with zero attached hydrogens (tertiary/aromatic N) is 2. The topological polar surface area (TPSA) is 55.3 Å². The van der Waals surface area contributed by atoms with Crippen molar-refractivity contribution in [1.82, 2.24) is 10.2 Å². The zero-order valence-corrected chi connectivity index (χ0v) is 15.7. The van der Waals surface area contributed by atoms with Crippen LogP contribution in [0.15, 0.2) is 29.3 Å². The van der Waals surface area contributed by atoms with Crippen molar-refractivity contribution in [3.8, 4) is 11.5 Å². The smallest absolute Gasteiger partial charge is 0.194 e. The molecule has 6 nitrogen and oxygen atoms in total. The molecule has 0 aromatic heterocycles. The summed E-state index contributed by atoms with van der Waals surface area (Å²) >= 11 is 0. The summed E-state index contributed by atoms with van der Waals surface area (Å²) in [6, 6.07) is 7.61. The Bertz CT molecular complexity index is 511. The first-order valence-corrected chi connectivity index (χ1v) is 9.18. The number of ether oxygens (including phenoxy) is 3. The van der Waals surface area contributed by atoms with E-state index in [2.05, 4.69) is 24.1 Å². The lowest BCUT2D eigenvalue weighted by Crippen LogP contribution is -2.47. The molecule has 0 aliphatic carbocycles. The number of rotatable bonds is 8. The Morgan fingerprint density at radius 2 is 1.84 bits per heavy atom. The van der Waals surface area contributed by atoms with Gasteiger partial charge in [0.25, 0.3) is 0 Å². The Balaban J connectivity index is 1.78. The minimum atomic E-state index is 0.391. The second kappa shape index (κ2) is 10.8. The van der Waals surface area contributed by atoms with E-state index in [0.29, 0.717) is 19.3 Å². The largest absolute Gasteiger partial charge is 0.497 e. The molecule has 1 fully saturated rings. The van der Waals surface area contributed by atoms with E-state index in [-0.39, 0.29) is 0 Å². The zero-order valence-electron chi connectivity index (χ0n) is 15.7. The molecule has 1 aromatic rings. The van der Waals surface area contributed by atoms with Gasteiger partial charge in [0, 0.05) is 26.2 Å². The van der Waals surface area contributed by atoms with Crippen molar-refractivity contribution in [1.29, 1.82) is 0 Å². The lowest BCUT2D eigenvalue weighted by Gasteiger charge is -2.34. The molecular formula is C19H31N3O3. The zero-order chi connectivity index (χ0) is 17.9. The minimum absolute atomic E-state index is 0.391. The number of likely N-dealkylation sites (tertiary alicyclic amines) is 1. The lowest BCUT2D eigenvalue weighted by molar-refractivity contribution is 0.0263. The summed E-state index contributed by atoms with van der Waals surface area (Å²) in [5, 5.41) is 3.38. The molecule has 0 saturated carbocycles. The van der Waals surface area contributed by atoms with E-state index in [1.807, 2.05) is 24.3 Å². The van der Waals surface area contributed by atoms with Gasteiger partial charge in [-0.05, 0) is 51.0 Å². The van der Waals surface area contributed by atoms with Crippen LogP contribution in [0.2, 0.25) is 0 Å². The molecule has 140 valence electrons. The third-order valence-corrected chi connectivity index (χ3v) is 4.16. The molecule has 0 atom stereocenters. The summed E-state index contributed by atoms with van der Waals surface area (Å²) < 4.78 is 16.6. The van der Waals surface area contributed by atoms with Crippen LogP contribution >= 0.6 is 0 Å². The Morgan fingerprint density at radius 3 is 2.44 bits per heavy atom. The van der Waals surface area contributed by atoms with Gasteiger partial charge in [-0.3, -0.25) is 0 Å². The maximum absolute atomic E-state index is 5.74. The van der Waals surface area contributed by atoms with Gasteiger partial charge in [0.05, 0.1) is 19.8 Å². The molecule has 0 amide bonds. The molecule has 0 spiro atoms. The average Bonchev–Trinajstić information content (AvgIpc) is 2.66. The van der Waals surface area contributed by atoms with Gasteiger partial charge >= 0.3 is 0 Å². The van der Waals surface area contributed by atoms with Gasteiger partial charge in [-0.25, -0.2) is 4.99 Å². The predicted octanol–water partition coefficient (Wildman–Crippen LogP) is 2.54. The number of aliphatic imine (C=N–C) groups is 1. The molecule has 25 heavy (non-hydrogen) atoms. The molecule has 0 bridgehead atoms. The van der Waals surface area contributed by atoms with Crippen molar-refractivity contribution < 1.29 is 14.2 Å². The van der Waals surface area contributed by atoms with Gasteiger partial charge in [0.15, 0.2) is 5.96 Å². The minimum Gasteiger partial charge on any atom is -0.497 e. The van der Waals surface area contributed by atoms with Crippen molar-refractivity contribution in [2.45, 2.75) is 32.8 Å². The quantitative estimate of drug-likeness (QED) is 0.444. The number of hydrogen-bond donors (Lipinski definition) is 1. The van der Waals surface area contributed by atoms with Gasteiger partial charge in [0.1, 0.15) is 18.1 Å². The summed E-state index contributed by atoms with van der Waals surface area (Å²) in [5.41, 5.74) is 0. The van der Waals surface area contributed by atoms with Crippen molar-refractivity contribution in [3.63, 3.8) is 0 Å². The molecule has 2 rings (SSSR count). The van der Waals surface area contributed by atoms with Crippen LogP contribution in [0, 0.1) is 0 Å². The maximum Gasteiger partial charge on any atom is 0.194 e.